The smallest absolute Gasteiger partial charge is 0.323 e. The van der Waals surface area contributed by atoms with Crippen LogP contribution in [0.4, 0.5) is 0 Å². The number of amides is 1. The first-order valence-electron chi connectivity index (χ1n) is 11.3. The average molecular weight is 455 g/mol. The molecule has 4 atom stereocenters. The Morgan fingerprint density at radius 1 is 1.16 bits per heavy atom. The van der Waals surface area contributed by atoms with Gasteiger partial charge in [-0.3, -0.25) is 19.3 Å². The number of likely N-dealkylation sites (tertiary alicyclic amines) is 1. The maximum atomic E-state index is 12.8. The second kappa shape index (κ2) is 11.8. The molecule has 1 aliphatic rings. The van der Waals surface area contributed by atoms with Crippen LogP contribution < -0.4 is 5.32 Å². The van der Waals surface area contributed by atoms with Crippen molar-refractivity contribution in [2.24, 2.45) is 11.8 Å². The summed E-state index contributed by atoms with van der Waals surface area (Å²) in [5, 5.41) is 13.4. The highest BCUT2D eigenvalue weighted by atomic mass is 16.6. The molecule has 184 valence electrons. The summed E-state index contributed by atoms with van der Waals surface area (Å²) in [5.41, 5.74) is -1.19. The first-order chi connectivity index (χ1) is 14.6. The Labute approximate surface area is 192 Å². The molecular formula is C24H42N2O6. The van der Waals surface area contributed by atoms with Gasteiger partial charge < -0.3 is 19.9 Å². The maximum absolute atomic E-state index is 12.8. The summed E-state index contributed by atoms with van der Waals surface area (Å²) < 4.78 is 11.0. The lowest BCUT2D eigenvalue weighted by Gasteiger charge is -2.32. The fourth-order valence-electron chi connectivity index (χ4n) is 3.74. The van der Waals surface area contributed by atoms with E-state index in [4.69, 9.17) is 9.47 Å². The fraction of sp³-hybridized carbons (Fsp3) is 0.792. The highest BCUT2D eigenvalue weighted by Crippen LogP contribution is 2.29. The van der Waals surface area contributed by atoms with Crippen LogP contribution in [0.1, 0.15) is 67.7 Å². The Bertz CT molecular complexity index is 664. The summed E-state index contributed by atoms with van der Waals surface area (Å²) in [6, 6.07) is -0.450. The molecule has 0 aliphatic carbocycles. The third-order valence-electron chi connectivity index (χ3n) is 5.16. The first kappa shape index (κ1) is 28.1. The van der Waals surface area contributed by atoms with Crippen molar-refractivity contribution in [2.45, 2.75) is 91.1 Å². The number of hydrogen-bond acceptors (Lipinski definition) is 7. The SMILES string of the molecule is C=CC1CC(C(=O)OC(C)(C)C)N(CC(CCC(=O)OC(C)(C)C)C(O)CNC(C)=O)C1. The van der Waals surface area contributed by atoms with Crippen molar-refractivity contribution in [1.82, 2.24) is 10.2 Å². The van der Waals surface area contributed by atoms with E-state index in [1.54, 1.807) is 20.8 Å². The van der Waals surface area contributed by atoms with Crippen LogP contribution >= 0.6 is 0 Å². The standard InChI is InChI=1S/C24H42N2O6/c1-9-17-12-19(22(30)32-24(6,7)8)26(14-17)15-18(20(28)13-25-16(2)27)10-11-21(29)31-23(3,4)5/h9,17-20,28H,1,10-15H2,2-8H3,(H,25,27). The normalized spacial score (nSPS) is 21.5. The van der Waals surface area contributed by atoms with E-state index in [2.05, 4.69) is 11.9 Å². The first-order valence-corrected chi connectivity index (χ1v) is 11.3. The Hall–Kier alpha value is -1.93. The predicted molar refractivity (Wildman–Crippen MR) is 123 cm³/mol. The van der Waals surface area contributed by atoms with Gasteiger partial charge in [-0.1, -0.05) is 6.08 Å². The van der Waals surface area contributed by atoms with Crippen molar-refractivity contribution in [3.63, 3.8) is 0 Å². The zero-order valence-electron chi connectivity index (χ0n) is 20.8. The van der Waals surface area contributed by atoms with Gasteiger partial charge in [-0.2, -0.15) is 0 Å². The van der Waals surface area contributed by atoms with Gasteiger partial charge in [0, 0.05) is 33.0 Å². The average Bonchev–Trinajstić information content (AvgIpc) is 3.03. The van der Waals surface area contributed by atoms with E-state index in [0.717, 1.165) is 0 Å². The van der Waals surface area contributed by atoms with E-state index < -0.39 is 23.3 Å². The van der Waals surface area contributed by atoms with Crippen LogP contribution in [0.5, 0.6) is 0 Å². The Balaban J connectivity index is 2.95. The van der Waals surface area contributed by atoms with Crippen LogP contribution in [0.2, 0.25) is 0 Å². The fourth-order valence-corrected chi connectivity index (χ4v) is 3.74. The van der Waals surface area contributed by atoms with Crippen molar-refractivity contribution in [3.8, 4) is 0 Å². The van der Waals surface area contributed by atoms with Gasteiger partial charge in [0.1, 0.15) is 17.2 Å². The number of nitrogens with one attached hydrogen (secondary N) is 1. The van der Waals surface area contributed by atoms with Gasteiger partial charge in [-0.05, 0) is 66.2 Å². The van der Waals surface area contributed by atoms with E-state index >= 15 is 0 Å². The number of ether oxygens (including phenoxy) is 2. The molecule has 0 radical (unpaired) electrons. The van der Waals surface area contributed by atoms with Gasteiger partial charge in [0.25, 0.3) is 0 Å². The number of aliphatic hydroxyl groups excluding tert-OH is 1. The molecule has 0 spiro atoms. The van der Waals surface area contributed by atoms with E-state index in [-0.39, 0.29) is 42.6 Å². The predicted octanol–water partition coefficient (Wildman–Crippen LogP) is 2.44. The summed E-state index contributed by atoms with van der Waals surface area (Å²) in [7, 11) is 0. The topological polar surface area (TPSA) is 105 Å². The summed E-state index contributed by atoms with van der Waals surface area (Å²) in [5.74, 6) is -1.10. The molecule has 0 bridgehead atoms. The van der Waals surface area contributed by atoms with Crippen molar-refractivity contribution >= 4 is 17.8 Å². The summed E-state index contributed by atoms with van der Waals surface area (Å²) in [6.07, 6.45) is 2.06. The molecular weight excluding hydrogens is 412 g/mol. The molecule has 1 aliphatic heterocycles. The third-order valence-corrected chi connectivity index (χ3v) is 5.16. The number of esters is 2. The Morgan fingerprint density at radius 3 is 2.25 bits per heavy atom. The van der Waals surface area contributed by atoms with E-state index in [0.29, 0.717) is 25.9 Å². The minimum absolute atomic E-state index is 0.0736. The van der Waals surface area contributed by atoms with Crippen LogP contribution in [0.25, 0.3) is 0 Å². The van der Waals surface area contributed by atoms with Gasteiger partial charge in [0.15, 0.2) is 0 Å². The molecule has 4 unspecified atom stereocenters. The molecule has 0 saturated carbocycles. The number of nitrogens with zero attached hydrogens (tertiary/aromatic N) is 1. The molecule has 0 aromatic heterocycles. The second-order valence-electron chi connectivity index (χ2n) is 10.6. The van der Waals surface area contributed by atoms with Crippen LogP contribution in [-0.2, 0) is 23.9 Å². The van der Waals surface area contributed by atoms with Gasteiger partial charge >= 0.3 is 11.9 Å². The molecule has 1 saturated heterocycles. The quantitative estimate of drug-likeness (QED) is 0.386. The van der Waals surface area contributed by atoms with Crippen LogP contribution in [0.3, 0.4) is 0 Å². The summed E-state index contributed by atoms with van der Waals surface area (Å²) in [6.45, 7) is 17.2. The van der Waals surface area contributed by atoms with Crippen molar-refractivity contribution in [2.75, 3.05) is 19.6 Å². The summed E-state index contributed by atoms with van der Waals surface area (Å²) >= 11 is 0. The van der Waals surface area contributed by atoms with E-state index in [1.807, 2.05) is 31.7 Å². The number of carbonyl (C=O) groups excluding carboxylic acids is 3. The molecule has 0 aromatic rings. The van der Waals surface area contributed by atoms with E-state index in [1.165, 1.54) is 6.92 Å². The zero-order valence-corrected chi connectivity index (χ0v) is 20.8. The Kier molecular flexibility index (Phi) is 10.4. The van der Waals surface area contributed by atoms with Crippen LogP contribution in [-0.4, -0.2) is 70.8 Å². The summed E-state index contributed by atoms with van der Waals surface area (Å²) in [4.78, 5) is 38.4. The van der Waals surface area contributed by atoms with Gasteiger partial charge in [0.2, 0.25) is 5.91 Å². The van der Waals surface area contributed by atoms with Gasteiger partial charge in [0.05, 0.1) is 6.10 Å². The highest BCUT2D eigenvalue weighted by Gasteiger charge is 2.40. The monoisotopic (exact) mass is 454 g/mol. The minimum atomic E-state index is -0.872. The molecule has 8 heteroatoms. The molecule has 0 aromatic carbocycles. The molecule has 2 N–H and O–H groups in total. The number of aliphatic hydroxyl groups is 1. The molecule has 1 rings (SSSR count). The molecule has 32 heavy (non-hydrogen) atoms. The van der Waals surface area contributed by atoms with Gasteiger partial charge in [-0.25, -0.2) is 0 Å². The van der Waals surface area contributed by atoms with Crippen LogP contribution in [0, 0.1) is 11.8 Å². The third kappa shape index (κ3) is 10.6. The lowest BCUT2D eigenvalue weighted by atomic mass is 9.95. The lowest BCUT2D eigenvalue weighted by molar-refractivity contribution is -0.161. The minimum Gasteiger partial charge on any atom is -0.460 e. The highest BCUT2D eigenvalue weighted by molar-refractivity contribution is 5.76. The molecule has 1 fully saturated rings. The largest absolute Gasteiger partial charge is 0.460 e. The van der Waals surface area contributed by atoms with Crippen molar-refractivity contribution in [3.05, 3.63) is 12.7 Å². The second-order valence-corrected chi connectivity index (χ2v) is 10.6. The number of rotatable bonds is 10. The van der Waals surface area contributed by atoms with Gasteiger partial charge in [-0.15, -0.1) is 6.58 Å². The van der Waals surface area contributed by atoms with Crippen LogP contribution in [0.15, 0.2) is 12.7 Å². The number of hydrogen-bond donors (Lipinski definition) is 2. The van der Waals surface area contributed by atoms with Crippen molar-refractivity contribution in [1.29, 1.82) is 0 Å². The number of carbonyl (C=O) groups is 3. The van der Waals surface area contributed by atoms with E-state index in [9.17, 15) is 19.5 Å². The zero-order chi connectivity index (χ0) is 24.7. The molecule has 1 heterocycles. The molecule has 1 amide bonds. The van der Waals surface area contributed by atoms with Crippen molar-refractivity contribution < 1.29 is 29.0 Å². The maximum Gasteiger partial charge on any atom is 0.323 e. The lowest BCUT2D eigenvalue weighted by Crippen LogP contribution is -2.46. The Morgan fingerprint density at radius 2 is 1.75 bits per heavy atom. The molecule has 8 nitrogen and oxygen atoms in total.